The summed E-state index contributed by atoms with van der Waals surface area (Å²) in [6, 6.07) is 0. The van der Waals surface area contributed by atoms with Gasteiger partial charge in [0, 0.05) is 0 Å². The molecule has 2 nitrogen and oxygen atoms in total. The molecular formula is C10H10F6O2. The maximum Gasteiger partial charge on any atom is 0.322 e. The Morgan fingerprint density at radius 2 is 1.67 bits per heavy atom. The van der Waals surface area contributed by atoms with Gasteiger partial charge in [-0.1, -0.05) is 0 Å². The summed E-state index contributed by atoms with van der Waals surface area (Å²) in [6.45, 7) is 0.840. The molecule has 0 aromatic carbocycles. The van der Waals surface area contributed by atoms with E-state index in [4.69, 9.17) is 0 Å². The lowest BCUT2D eigenvalue weighted by Gasteiger charge is -2.44. The lowest BCUT2D eigenvalue weighted by atomic mass is 9.74. The normalized spacial score (nSPS) is 42.6. The van der Waals surface area contributed by atoms with Crippen LogP contribution >= 0.6 is 0 Å². The molecule has 0 aliphatic carbocycles. The Labute approximate surface area is 98.2 Å². The van der Waals surface area contributed by atoms with Gasteiger partial charge in [0.15, 0.2) is 0 Å². The van der Waals surface area contributed by atoms with Crippen molar-refractivity contribution in [3.63, 3.8) is 0 Å². The van der Waals surface area contributed by atoms with Crippen molar-refractivity contribution in [2.45, 2.75) is 48.9 Å². The average Bonchev–Trinajstić information content (AvgIpc) is 2.63. The first-order chi connectivity index (χ1) is 7.81. The number of hydrogen-bond acceptors (Lipinski definition) is 2. The first kappa shape index (κ1) is 13.7. The molecule has 3 unspecified atom stereocenters. The van der Waals surface area contributed by atoms with E-state index in [0.29, 0.717) is 19.9 Å². The first-order valence-corrected chi connectivity index (χ1v) is 5.04. The van der Waals surface area contributed by atoms with Crippen molar-refractivity contribution in [1.82, 2.24) is 0 Å². The van der Waals surface area contributed by atoms with E-state index in [1.165, 1.54) is 0 Å². The van der Waals surface area contributed by atoms with E-state index >= 15 is 0 Å². The number of fused-ring (bicyclic) bond motifs is 2. The van der Waals surface area contributed by atoms with Gasteiger partial charge in [-0.25, -0.2) is 8.78 Å². The quantitative estimate of drug-likeness (QED) is 0.620. The van der Waals surface area contributed by atoms with Crippen LogP contribution in [0.5, 0.6) is 0 Å². The van der Waals surface area contributed by atoms with Gasteiger partial charge < -0.3 is 9.84 Å². The van der Waals surface area contributed by atoms with E-state index in [2.05, 4.69) is 4.74 Å². The Hall–Kier alpha value is -0.760. The van der Waals surface area contributed by atoms with Gasteiger partial charge in [-0.05, 0) is 26.0 Å². The van der Waals surface area contributed by atoms with Crippen molar-refractivity contribution in [3.8, 4) is 0 Å². The van der Waals surface area contributed by atoms with Gasteiger partial charge in [0.25, 0.3) is 5.85 Å². The number of rotatable bonds is 2. The molecule has 8 heteroatoms. The molecule has 2 aliphatic rings. The Kier molecular flexibility index (Phi) is 2.31. The first-order valence-electron chi connectivity index (χ1n) is 5.04. The zero-order valence-electron chi connectivity index (χ0n) is 9.36. The molecule has 1 fully saturated rings. The molecule has 1 N–H and O–H groups in total. The number of alkyl halides is 6. The summed E-state index contributed by atoms with van der Waals surface area (Å²) in [7, 11) is 0. The van der Waals surface area contributed by atoms with Crippen molar-refractivity contribution >= 4 is 0 Å². The van der Waals surface area contributed by atoms with Crippen molar-refractivity contribution in [3.05, 3.63) is 12.2 Å². The van der Waals surface area contributed by atoms with E-state index in [9.17, 15) is 31.4 Å². The number of halogens is 6. The molecular weight excluding hydrogens is 266 g/mol. The van der Waals surface area contributed by atoms with Crippen molar-refractivity contribution < 1.29 is 36.2 Å². The molecule has 0 radical (unpaired) electrons. The van der Waals surface area contributed by atoms with Crippen molar-refractivity contribution in [1.29, 1.82) is 0 Å². The van der Waals surface area contributed by atoms with Gasteiger partial charge in [0.1, 0.15) is 11.7 Å². The maximum absolute atomic E-state index is 14.2. The highest BCUT2D eigenvalue weighted by Gasteiger charge is 2.90. The molecule has 0 amide bonds. The summed E-state index contributed by atoms with van der Waals surface area (Å²) in [4.78, 5) is 0. The van der Waals surface area contributed by atoms with Crippen LogP contribution in [0.25, 0.3) is 0 Å². The van der Waals surface area contributed by atoms with Crippen LogP contribution in [-0.4, -0.2) is 40.2 Å². The van der Waals surface area contributed by atoms with Crippen LogP contribution < -0.4 is 0 Å². The summed E-state index contributed by atoms with van der Waals surface area (Å²) in [5.41, 5.74) is -8.16. The second-order valence-electron chi connectivity index (χ2n) is 4.96. The lowest BCUT2D eigenvalue weighted by molar-refractivity contribution is -0.323. The van der Waals surface area contributed by atoms with Crippen LogP contribution in [0.3, 0.4) is 0 Å². The van der Waals surface area contributed by atoms with Crippen molar-refractivity contribution in [2.75, 3.05) is 0 Å². The van der Waals surface area contributed by atoms with Gasteiger partial charge in [-0.2, -0.15) is 17.6 Å². The molecule has 0 saturated carbocycles. The molecule has 0 aromatic rings. The zero-order chi connectivity index (χ0) is 14.2. The molecule has 104 valence electrons. The smallest absolute Gasteiger partial charge is 0.322 e. The SMILES string of the molecule is CC(C)(O)C(F)(F)C1(F)C2(F)C=CC(O2)C1(F)F. The fourth-order valence-electron chi connectivity index (χ4n) is 2.13. The molecule has 0 aromatic heterocycles. The Morgan fingerprint density at radius 3 is 2.00 bits per heavy atom. The molecule has 2 rings (SSSR count). The number of hydrogen-bond donors (Lipinski definition) is 1. The molecule has 2 heterocycles. The fraction of sp³-hybridized carbons (Fsp3) is 0.800. The second kappa shape index (κ2) is 3.04. The van der Waals surface area contributed by atoms with E-state index in [1.807, 2.05) is 0 Å². The fourth-order valence-corrected chi connectivity index (χ4v) is 2.13. The van der Waals surface area contributed by atoms with Crippen LogP contribution in [0.1, 0.15) is 13.8 Å². The Bertz CT molecular complexity index is 415. The Balaban J connectivity index is 2.64. The predicted molar refractivity (Wildman–Crippen MR) is 47.9 cm³/mol. The average molecular weight is 276 g/mol. The summed E-state index contributed by atoms with van der Waals surface area (Å²) < 4.78 is 86.8. The third-order valence-electron chi connectivity index (χ3n) is 3.27. The Morgan fingerprint density at radius 1 is 1.17 bits per heavy atom. The highest BCUT2D eigenvalue weighted by atomic mass is 19.3. The van der Waals surface area contributed by atoms with Gasteiger partial charge >= 0.3 is 17.5 Å². The third kappa shape index (κ3) is 1.13. The summed E-state index contributed by atoms with van der Waals surface area (Å²) >= 11 is 0. The van der Waals surface area contributed by atoms with E-state index in [1.54, 1.807) is 0 Å². The lowest BCUT2D eigenvalue weighted by Crippen LogP contribution is -2.71. The standard InChI is InChI=1S/C10H10F6O2/c1-6(2,17)10(15,16)9(14)7(11)4-3-5(18-7)8(9,12)13/h3-5,17H,1-2H3. The van der Waals surface area contributed by atoms with Gasteiger partial charge in [-0.3, -0.25) is 0 Å². The van der Waals surface area contributed by atoms with Crippen molar-refractivity contribution in [2.24, 2.45) is 0 Å². The van der Waals surface area contributed by atoms with E-state index in [-0.39, 0.29) is 6.08 Å². The zero-order valence-corrected chi connectivity index (χ0v) is 9.36. The summed E-state index contributed by atoms with van der Waals surface area (Å²) in [5.74, 6) is -13.8. The monoisotopic (exact) mass is 276 g/mol. The minimum Gasteiger partial charge on any atom is -0.384 e. The maximum atomic E-state index is 14.2. The van der Waals surface area contributed by atoms with Gasteiger partial charge in [0.05, 0.1) is 0 Å². The predicted octanol–water partition coefficient (Wildman–Crippen LogP) is 2.37. The topological polar surface area (TPSA) is 29.5 Å². The van der Waals surface area contributed by atoms with Crippen LogP contribution in [0.15, 0.2) is 12.2 Å². The van der Waals surface area contributed by atoms with Crippen LogP contribution in [0, 0.1) is 0 Å². The van der Waals surface area contributed by atoms with Gasteiger partial charge in [-0.15, -0.1) is 0 Å². The minimum atomic E-state index is -5.06. The highest BCUT2D eigenvalue weighted by Crippen LogP contribution is 2.65. The van der Waals surface area contributed by atoms with Crippen LogP contribution in [0.4, 0.5) is 26.3 Å². The summed E-state index contributed by atoms with van der Waals surface area (Å²) in [6.07, 6.45) is -1.74. The number of ether oxygens (including phenoxy) is 1. The largest absolute Gasteiger partial charge is 0.384 e. The van der Waals surface area contributed by atoms with Gasteiger partial charge in [0.2, 0.25) is 0 Å². The second-order valence-corrected chi connectivity index (χ2v) is 4.96. The third-order valence-corrected chi connectivity index (χ3v) is 3.27. The van der Waals surface area contributed by atoms with E-state index in [0.717, 1.165) is 0 Å². The highest BCUT2D eigenvalue weighted by molar-refractivity contribution is 5.34. The molecule has 18 heavy (non-hydrogen) atoms. The van der Waals surface area contributed by atoms with E-state index < -0.39 is 35.1 Å². The van der Waals surface area contributed by atoms with Crippen LogP contribution in [0.2, 0.25) is 0 Å². The molecule has 0 spiro atoms. The number of aliphatic hydroxyl groups is 1. The summed E-state index contributed by atoms with van der Waals surface area (Å²) in [5, 5.41) is 9.18. The molecule has 1 saturated heterocycles. The molecule has 2 aliphatic heterocycles. The molecule has 2 bridgehead atoms. The molecule has 3 atom stereocenters. The minimum absolute atomic E-state index is 0.189. The van der Waals surface area contributed by atoms with Crippen LogP contribution in [-0.2, 0) is 4.74 Å².